The molecule has 0 atom stereocenters. The zero-order valence-electron chi connectivity index (χ0n) is 11.5. The molecule has 0 saturated heterocycles. The number of thiazole rings is 1. The second-order valence-electron chi connectivity index (χ2n) is 4.52. The van der Waals surface area contributed by atoms with Gasteiger partial charge in [-0.2, -0.15) is 0 Å². The predicted molar refractivity (Wildman–Crippen MR) is 85.8 cm³/mol. The molecule has 3 rings (SSSR count). The number of rotatable bonds is 5. The molecule has 0 saturated carbocycles. The number of hydrogen-bond acceptors (Lipinski definition) is 6. The molecule has 6 nitrogen and oxygen atoms in total. The number of pyridine rings is 1. The molecule has 0 aliphatic carbocycles. The maximum absolute atomic E-state index is 11.0. The number of benzene rings is 1. The summed E-state index contributed by atoms with van der Waals surface area (Å²) in [7, 11) is 0. The monoisotopic (exact) mass is 312 g/mol. The van der Waals surface area contributed by atoms with E-state index < -0.39 is 0 Å². The molecule has 0 aliphatic rings. The lowest BCUT2D eigenvalue weighted by Crippen LogP contribution is -2.02. The van der Waals surface area contributed by atoms with Crippen molar-refractivity contribution in [2.45, 2.75) is 6.54 Å². The third-order valence-corrected chi connectivity index (χ3v) is 3.88. The van der Waals surface area contributed by atoms with Gasteiger partial charge in [-0.3, -0.25) is 15.1 Å². The minimum atomic E-state index is -0.375. The Morgan fingerprint density at radius 1 is 1.23 bits per heavy atom. The highest BCUT2D eigenvalue weighted by atomic mass is 32.1. The Kier molecular flexibility index (Phi) is 4.06. The van der Waals surface area contributed by atoms with Crippen molar-refractivity contribution in [2.75, 3.05) is 5.32 Å². The van der Waals surface area contributed by atoms with E-state index in [1.165, 1.54) is 17.4 Å². The first-order chi connectivity index (χ1) is 10.7. The van der Waals surface area contributed by atoms with Crippen LogP contribution in [0.4, 0.5) is 10.8 Å². The number of para-hydroxylation sites is 1. The van der Waals surface area contributed by atoms with Crippen molar-refractivity contribution in [3.8, 4) is 11.3 Å². The number of nitro benzene ring substituents is 1. The van der Waals surface area contributed by atoms with Crippen LogP contribution in [0.3, 0.4) is 0 Å². The van der Waals surface area contributed by atoms with E-state index in [1.54, 1.807) is 30.6 Å². The Morgan fingerprint density at radius 3 is 2.86 bits per heavy atom. The van der Waals surface area contributed by atoms with Crippen molar-refractivity contribution >= 4 is 22.2 Å². The fraction of sp³-hybridized carbons (Fsp3) is 0.0667. The molecule has 2 heterocycles. The van der Waals surface area contributed by atoms with Crippen molar-refractivity contribution in [2.24, 2.45) is 0 Å². The van der Waals surface area contributed by atoms with Crippen LogP contribution in [-0.2, 0) is 6.54 Å². The van der Waals surface area contributed by atoms with Gasteiger partial charge < -0.3 is 5.32 Å². The average molecular weight is 312 g/mol. The number of nitrogens with zero attached hydrogens (tertiary/aromatic N) is 3. The van der Waals surface area contributed by atoms with Gasteiger partial charge in [0, 0.05) is 41.5 Å². The molecular weight excluding hydrogens is 300 g/mol. The summed E-state index contributed by atoms with van der Waals surface area (Å²) < 4.78 is 0. The standard InChI is InChI=1S/C15H12N4O2S/c20-19(21)14-6-2-1-4-12(14)9-17-15-18-13(10-22-15)11-5-3-7-16-8-11/h1-8,10H,9H2,(H,17,18). The first-order valence-corrected chi connectivity index (χ1v) is 7.44. The molecule has 3 aromatic rings. The van der Waals surface area contributed by atoms with Crippen LogP contribution in [0.2, 0.25) is 0 Å². The van der Waals surface area contributed by atoms with Crippen LogP contribution in [0.5, 0.6) is 0 Å². The largest absolute Gasteiger partial charge is 0.357 e. The number of nitro groups is 1. The number of anilines is 1. The minimum absolute atomic E-state index is 0.110. The van der Waals surface area contributed by atoms with E-state index in [1.807, 2.05) is 17.5 Å². The maximum Gasteiger partial charge on any atom is 0.274 e. The molecule has 0 fully saturated rings. The predicted octanol–water partition coefficient (Wildman–Crippen LogP) is 3.73. The highest BCUT2D eigenvalue weighted by Crippen LogP contribution is 2.25. The Hall–Kier alpha value is -2.80. The lowest BCUT2D eigenvalue weighted by atomic mass is 10.2. The van der Waals surface area contributed by atoms with Crippen molar-refractivity contribution < 1.29 is 4.92 Å². The van der Waals surface area contributed by atoms with Gasteiger partial charge in [0.2, 0.25) is 0 Å². The summed E-state index contributed by atoms with van der Waals surface area (Å²) in [6.07, 6.45) is 3.46. The van der Waals surface area contributed by atoms with Crippen LogP contribution in [0.25, 0.3) is 11.3 Å². The van der Waals surface area contributed by atoms with E-state index >= 15 is 0 Å². The van der Waals surface area contributed by atoms with Gasteiger partial charge in [-0.1, -0.05) is 18.2 Å². The van der Waals surface area contributed by atoms with E-state index in [0.29, 0.717) is 12.1 Å². The zero-order chi connectivity index (χ0) is 15.4. The lowest BCUT2D eigenvalue weighted by Gasteiger charge is -2.03. The molecule has 2 aromatic heterocycles. The molecule has 0 aliphatic heterocycles. The lowest BCUT2D eigenvalue weighted by molar-refractivity contribution is -0.385. The van der Waals surface area contributed by atoms with Crippen LogP contribution in [0, 0.1) is 10.1 Å². The van der Waals surface area contributed by atoms with Crippen LogP contribution in [-0.4, -0.2) is 14.9 Å². The van der Waals surface area contributed by atoms with Gasteiger partial charge in [0.1, 0.15) is 0 Å². The highest BCUT2D eigenvalue weighted by Gasteiger charge is 2.12. The molecule has 0 radical (unpaired) electrons. The minimum Gasteiger partial charge on any atom is -0.357 e. The maximum atomic E-state index is 11.0. The van der Waals surface area contributed by atoms with Crippen molar-refractivity contribution in [1.29, 1.82) is 0 Å². The number of aromatic nitrogens is 2. The van der Waals surface area contributed by atoms with Crippen molar-refractivity contribution in [3.05, 3.63) is 69.8 Å². The SMILES string of the molecule is O=[N+]([O-])c1ccccc1CNc1nc(-c2cccnc2)cs1. The summed E-state index contributed by atoms with van der Waals surface area (Å²) in [5.41, 5.74) is 2.52. The van der Waals surface area contributed by atoms with E-state index in [-0.39, 0.29) is 10.6 Å². The summed E-state index contributed by atoms with van der Waals surface area (Å²) in [4.78, 5) is 19.1. The van der Waals surface area contributed by atoms with E-state index in [9.17, 15) is 10.1 Å². The Morgan fingerprint density at radius 2 is 2.09 bits per heavy atom. The van der Waals surface area contributed by atoms with Crippen LogP contribution >= 0.6 is 11.3 Å². The second kappa shape index (κ2) is 6.31. The number of nitrogens with one attached hydrogen (secondary N) is 1. The molecule has 0 bridgehead atoms. The quantitative estimate of drug-likeness (QED) is 0.573. The molecule has 0 spiro atoms. The molecule has 110 valence electrons. The van der Waals surface area contributed by atoms with Gasteiger partial charge in [0.25, 0.3) is 5.69 Å². The highest BCUT2D eigenvalue weighted by molar-refractivity contribution is 7.14. The third kappa shape index (κ3) is 3.09. The topological polar surface area (TPSA) is 81.0 Å². The molecule has 7 heteroatoms. The molecule has 1 N–H and O–H groups in total. The first kappa shape index (κ1) is 14.2. The van der Waals surface area contributed by atoms with Crippen LogP contribution in [0.1, 0.15) is 5.56 Å². The van der Waals surface area contributed by atoms with E-state index in [4.69, 9.17) is 0 Å². The normalized spacial score (nSPS) is 10.4. The summed E-state index contributed by atoms with van der Waals surface area (Å²) >= 11 is 1.46. The van der Waals surface area contributed by atoms with E-state index in [2.05, 4.69) is 15.3 Å². The Labute approximate surface area is 130 Å². The molecule has 0 unspecified atom stereocenters. The van der Waals surface area contributed by atoms with Gasteiger partial charge in [-0.15, -0.1) is 11.3 Å². The first-order valence-electron chi connectivity index (χ1n) is 6.56. The van der Waals surface area contributed by atoms with Gasteiger partial charge in [-0.05, 0) is 12.1 Å². The van der Waals surface area contributed by atoms with Gasteiger partial charge in [0.15, 0.2) is 5.13 Å². The van der Waals surface area contributed by atoms with Gasteiger partial charge in [-0.25, -0.2) is 4.98 Å². The summed E-state index contributed by atoms with van der Waals surface area (Å²) in [5.74, 6) is 0. The molecule has 0 amide bonds. The summed E-state index contributed by atoms with van der Waals surface area (Å²) in [6, 6.07) is 10.5. The van der Waals surface area contributed by atoms with Gasteiger partial charge in [0.05, 0.1) is 10.6 Å². The molecular formula is C15H12N4O2S. The van der Waals surface area contributed by atoms with Crippen LogP contribution in [0.15, 0.2) is 54.2 Å². The summed E-state index contributed by atoms with van der Waals surface area (Å²) in [6.45, 7) is 0.358. The Balaban J connectivity index is 1.73. The zero-order valence-corrected chi connectivity index (χ0v) is 12.3. The van der Waals surface area contributed by atoms with E-state index in [0.717, 1.165) is 16.4 Å². The smallest absolute Gasteiger partial charge is 0.274 e. The summed E-state index contributed by atoms with van der Waals surface area (Å²) in [5, 5.41) is 16.8. The second-order valence-corrected chi connectivity index (χ2v) is 5.38. The van der Waals surface area contributed by atoms with Crippen molar-refractivity contribution in [3.63, 3.8) is 0 Å². The van der Waals surface area contributed by atoms with Gasteiger partial charge >= 0.3 is 0 Å². The fourth-order valence-corrected chi connectivity index (χ4v) is 2.73. The fourth-order valence-electron chi connectivity index (χ4n) is 2.01. The molecule has 22 heavy (non-hydrogen) atoms. The average Bonchev–Trinajstić information content (AvgIpc) is 3.03. The Bertz CT molecular complexity index is 789. The van der Waals surface area contributed by atoms with Crippen molar-refractivity contribution in [1.82, 2.24) is 9.97 Å². The molecule has 1 aromatic carbocycles. The third-order valence-electron chi connectivity index (χ3n) is 3.08. The number of hydrogen-bond donors (Lipinski definition) is 1. The van der Waals surface area contributed by atoms with Crippen LogP contribution < -0.4 is 5.32 Å².